The van der Waals surface area contributed by atoms with Gasteiger partial charge in [0.05, 0.1) is 13.0 Å². The molecule has 0 spiro atoms. The molecular weight excluding hydrogens is 274 g/mol. The molecule has 0 bridgehead atoms. The SMILES string of the molecule is Cn1c2c(c3ccccc31)C(=O)C(Cn1cc[n+](C)c1)CC2. The number of aromatic nitrogens is 3. The molecule has 3 aromatic rings. The number of aryl methyl sites for hydroxylation is 2. The maximum atomic E-state index is 13.0. The van der Waals surface area contributed by atoms with Crippen LogP contribution in [0, 0.1) is 5.92 Å². The van der Waals surface area contributed by atoms with Gasteiger partial charge in [-0.1, -0.05) is 18.2 Å². The van der Waals surface area contributed by atoms with Crippen LogP contribution in [0.25, 0.3) is 10.9 Å². The first kappa shape index (κ1) is 13.3. The van der Waals surface area contributed by atoms with Gasteiger partial charge in [-0.2, -0.15) is 0 Å². The highest BCUT2D eigenvalue weighted by atomic mass is 16.1. The number of hydrogen-bond donors (Lipinski definition) is 0. The van der Waals surface area contributed by atoms with Crippen molar-refractivity contribution in [2.24, 2.45) is 20.0 Å². The highest BCUT2D eigenvalue weighted by Crippen LogP contribution is 2.34. The number of carbonyl (C=O) groups excluding carboxylic acids is 1. The summed E-state index contributed by atoms with van der Waals surface area (Å²) in [4.78, 5) is 13.0. The Balaban J connectivity index is 1.75. The van der Waals surface area contributed by atoms with Gasteiger partial charge < -0.3 is 4.57 Å². The van der Waals surface area contributed by atoms with Crippen molar-refractivity contribution in [2.45, 2.75) is 19.4 Å². The summed E-state index contributed by atoms with van der Waals surface area (Å²) < 4.78 is 6.31. The number of carbonyl (C=O) groups is 1. The first-order chi connectivity index (χ1) is 10.6. The summed E-state index contributed by atoms with van der Waals surface area (Å²) in [5.74, 6) is 0.375. The lowest BCUT2D eigenvalue weighted by Crippen LogP contribution is -2.28. The van der Waals surface area contributed by atoms with Crippen LogP contribution in [-0.2, 0) is 27.1 Å². The zero-order valence-electron chi connectivity index (χ0n) is 13.0. The second-order valence-electron chi connectivity index (χ2n) is 6.27. The Hall–Kier alpha value is -2.36. The molecule has 4 rings (SSSR count). The fourth-order valence-electron chi connectivity index (χ4n) is 3.70. The summed E-state index contributed by atoms with van der Waals surface area (Å²) in [5, 5.41) is 1.10. The molecule has 0 N–H and O–H groups in total. The van der Waals surface area contributed by atoms with E-state index in [9.17, 15) is 4.79 Å². The van der Waals surface area contributed by atoms with Crippen LogP contribution in [0.15, 0.2) is 43.0 Å². The second kappa shape index (κ2) is 4.83. The lowest BCUT2D eigenvalue weighted by Gasteiger charge is -2.20. The highest BCUT2D eigenvalue weighted by Gasteiger charge is 2.33. The van der Waals surface area contributed by atoms with E-state index in [0.717, 1.165) is 35.9 Å². The van der Waals surface area contributed by atoms with Gasteiger partial charge in [0, 0.05) is 29.2 Å². The zero-order chi connectivity index (χ0) is 15.3. The number of benzene rings is 1. The van der Waals surface area contributed by atoms with Crippen molar-refractivity contribution in [1.29, 1.82) is 0 Å². The van der Waals surface area contributed by atoms with Crippen molar-refractivity contribution in [3.05, 3.63) is 54.2 Å². The lowest BCUT2D eigenvalue weighted by atomic mass is 9.85. The van der Waals surface area contributed by atoms with Crippen LogP contribution in [0.2, 0.25) is 0 Å². The molecule has 1 atom stereocenters. The predicted molar refractivity (Wildman–Crippen MR) is 84.7 cm³/mol. The molecule has 2 heterocycles. The minimum absolute atomic E-state index is 0.0747. The molecule has 0 fully saturated rings. The monoisotopic (exact) mass is 294 g/mol. The number of nitrogens with zero attached hydrogens (tertiary/aromatic N) is 3. The summed E-state index contributed by atoms with van der Waals surface area (Å²) in [5.41, 5.74) is 3.31. The summed E-state index contributed by atoms with van der Waals surface area (Å²) in [6, 6.07) is 8.23. The van der Waals surface area contributed by atoms with Crippen LogP contribution in [0.3, 0.4) is 0 Å². The Morgan fingerprint density at radius 1 is 1.32 bits per heavy atom. The Labute approximate surface area is 129 Å². The molecule has 0 aliphatic heterocycles. The molecule has 0 saturated heterocycles. The van der Waals surface area contributed by atoms with Crippen LogP contribution >= 0.6 is 0 Å². The molecule has 1 aliphatic carbocycles. The van der Waals surface area contributed by atoms with Crippen LogP contribution < -0.4 is 4.57 Å². The molecule has 2 aromatic heterocycles. The number of Topliss-reactive ketones (excluding diaryl/α,β-unsaturated/α-hetero) is 1. The van der Waals surface area contributed by atoms with Crippen LogP contribution in [0.4, 0.5) is 0 Å². The third kappa shape index (κ3) is 1.90. The summed E-state index contributed by atoms with van der Waals surface area (Å²) in [6.45, 7) is 0.766. The van der Waals surface area contributed by atoms with Gasteiger partial charge in [0.25, 0.3) is 0 Å². The van der Waals surface area contributed by atoms with Gasteiger partial charge in [0.15, 0.2) is 5.78 Å². The van der Waals surface area contributed by atoms with Gasteiger partial charge in [0.2, 0.25) is 6.33 Å². The van der Waals surface area contributed by atoms with Crippen LogP contribution in [0.1, 0.15) is 22.5 Å². The van der Waals surface area contributed by atoms with Gasteiger partial charge in [0.1, 0.15) is 18.9 Å². The van der Waals surface area contributed by atoms with E-state index in [2.05, 4.69) is 28.3 Å². The molecular formula is C18H20N3O+. The normalized spacial score (nSPS) is 17.9. The minimum Gasteiger partial charge on any atom is -0.347 e. The predicted octanol–water partition coefficient (Wildman–Crippen LogP) is 2.25. The topological polar surface area (TPSA) is 30.8 Å². The van der Waals surface area contributed by atoms with E-state index < -0.39 is 0 Å². The van der Waals surface area contributed by atoms with Gasteiger partial charge in [-0.05, 0) is 18.9 Å². The van der Waals surface area contributed by atoms with E-state index >= 15 is 0 Å². The highest BCUT2D eigenvalue weighted by molar-refractivity contribution is 6.11. The maximum Gasteiger partial charge on any atom is 0.243 e. The number of hydrogen-bond acceptors (Lipinski definition) is 1. The Kier molecular flexibility index (Phi) is 2.93. The van der Waals surface area contributed by atoms with E-state index in [1.807, 2.05) is 42.5 Å². The van der Waals surface area contributed by atoms with Gasteiger partial charge in [-0.15, -0.1) is 0 Å². The van der Waals surface area contributed by atoms with Crippen molar-refractivity contribution in [2.75, 3.05) is 0 Å². The summed E-state index contributed by atoms with van der Waals surface area (Å²) in [6.07, 6.45) is 7.98. The van der Waals surface area contributed by atoms with Crippen LogP contribution in [-0.4, -0.2) is 14.9 Å². The minimum atomic E-state index is 0.0747. The summed E-state index contributed by atoms with van der Waals surface area (Å²) in [7, 11) is 4.07. The standard InChI is InChI=1S/C18H20N3O/c1-19-9-10-21(12-19)11-13-7-8-16-17(18(13)22)14-5-3-4-6-15(14)20(16)2/h3-6,9-10,12-13H,7-8,11H2,1-2H3/q+1. The molecule has 4 heteroatoms. The first-order valence-electron chi connectivity index (χ1n) is 7.76. The van der Waals surface area contributed by atoms with E-state index in [1.165, 1.54) is 5.69 Å². The Morgan fingerprint density at radius 3 is 2.91 bits per heavy atom. The Bertz CT molecular complexity index is 872. The van der Waals surface area contributed by atoms with Crippen LogP contribution in [0.5, 0.6) is 0 Å². The number of para-hydroxylation sites is 1. The second-order valence-corrected chi connectivity index (χ2v) is 6.27. The number of fused-ring (bicyclic) bond motifs is 3. The number of imidazole rings is 1. The summed E-state index contributed by atoms with van der Waals surface area (Å²) >= 11 is 0. The molecule has 112 valence electrons. The van der Waals surface area contributed by atoms with E-state index in [0.29, 0.717) is 5.78 Å². The molecule has 0 amide bonds. The van der Waals surface area contributed by atoms with Crippen molar-refractivity contribution >= 4 is 16.7 Å². The van der Waals surface area contributed by atoms with Gasteiger partial charge in [-0.3, -0.25) is 4.79 Å². The van der Waals surface area contributed by atoms with Gasteiger partial charge in [-0.25, -0.2) is 9.13 Å². The quantitative estimate of drug-likeness (QED) is 0.667. The fraction of sp³-hybridized carbons (Fsp3) is 0.333. The molecule has 0 saturated carbocycles. The molecule has 22 heavy (non-hydrogen) atoms. The average molecular weight is 294 g/mol. The molecule has 0 radical (unpaired) electrons. The largest absolute Gasteiger partial charge is 0.347 e. The van der Waals surface area contributed by atoms with Crippen molar-refractivity contribution in [1.82, 2.24) is 9.13 Å². The third-order valence-corrected chi connectivity index (χ3v) is 4.83. The van der Waals surface area contributed by atoms with Crippen molar-refractivity contribution in [3.63, 3.8) is 0 Å². The smallest absolute Gasteiger partial charge is 0.243 e. The molecule has 4 nitrogen and oxygen atoms in total. The Morgan fingerprint density at radius 2 is 2.14 bits per heavy atom. The van der Waals surface area contributed by atoms with Gasteiger partial charge >= 0.3 is 0 Å². The fourth-order valence-corrected chi connectivity index (χ4v) is 3.70. The molecule has 1 aliphatic rings. The van der Waals surface area contributed by atoms with E-state index in [4.69, 9.17) is 0 Å². The maximum absolute atomic E-state index is 13.0. The van der Waals surface area contributed by atoms with Crippen molar-refractivity contribution < 1.29 is 9.36 Å². The van der Waals surface area contributed by atoms with E-state index in [-0.39, 0.29) is 5.92 Å². The van der Waals surface area contributed by atoms with E-state index in [1.54, 1.807) is 0 Å². The zero-order valence-corrected chi connectivity index (χ0v) is 13.0. The lowest BCUT2D eigenvalue weighted by molar-refractivity contribution is -0.671. The average Bonchev–Trinajstić information content (AvgIpc) is 3.05. The third-order valence-electron chi connectivity index (χ3n) is 4.83. The van der Waals surface area contributed by atoms with Crippen molar-refractivity contribution in [3.8, 4) is 0 Å². The number of ketones is 1. The number of rotatable bonds is 2. The first-order valence-corrected chi connectivity index (χ1v) is 7.76. The molecule has 1 aromatic carbocycles. The molecule has 1 unspecified atom stereocenters.